The lowest BCUT2D eigenvalue weighted by Gasteiger charge is -2.17. The first-order valence-electron chi connectivity index (χ1n) is 5.80. The first-order valence-corrected chi connectivity index (χ1v) is 5.80. The molecular weight excluding hydrogens is 252 g/mol. The molecule has 3 heterocycles. The van der Waals surface area contributed by atoms with Crippen LogP contribution in [0.4, 0.5) is 5.82 Å². The molecule has 1 aliphatic rings. The number of hydrogen-bond donors (Lipinski definition) is 3. The van der Waals surface area contributed by atoms with E-state index in [4.69, 9.17) is 9.57 Å². The third-order valence-electron chi connectivity index (χ3n) is 3.11. The lowest BCUT2D eigenvalue weighted by Crippen LogP contribution is -2.28. The van der Waals surface area contributed by atoms with E-state index in [0.29, 0.717) is 11.5 Å². The first kappa shape index (κ1) is 12.3. The van der Waals surface area contributed by atoms with Gasteiger partial charge in [0.15, 0.2) is 12.0 Å². The number of aromatic nitrogens is 3. The summed E-state index contributed by atoms with van der Waals surface area (Å²) in [6.45, 7) is 0.0970. The molecule has 2 aromatic heterocycles. The summed E-state index contributed by atoms with van der Waals surface area (Å²) in [7, 11) is 1.49. The Hall–Kier alpha value is -1.74. The van der Waals surface area contributed by atoms with Crippen LogP contribution in [0.25, 0.3) is 11.0 Å². The van der Waals surface area contributed by atoms with Crippen LogP contribution < -0.4 is 5.48 Å². The molecule has 0 spiro atoms. The largest absolute Gasteiger partial charge is 0.388 e. The van der Waals surface area contributed by atoms with Gasteiger partial charge in [-0.15, -0.1) is 0 Å². The Balaban J connectivity index is 2.04. The van der Waals surface area contributed by atoms with Crippen LogP contribution >= 0.6 is 0 Å². The van der Waals surface area contributed by atoms with Crippen LogP contribution in [-0.2, 0) is 9.57 Å². The predicted octanol–water partition coefficient (Wildman–Crippen LogP) is -0.345. The Morgan fingerprint density at radius 3 is 3.00 bits per heavy atom. The quantitative estimate of drug-likeness (QED) is 0.653. The predicted molar refractivity (Wildman–Crippen MR) is 65.2 cm³/mol. The minimum Gasteiger partial charge on any atom is -0.388 e. The zero-order chi connectivity index (χ0) is 13.4. The summed E-state index contributed by atoms with van der Waals surface area (Å²) in [5.74, 6) is 0.527. The van der Waals surface area contributed by atoms with E-state index in [1.807, 2.05) is 0 Å². The summed E-state index contributed by atoms with van der Waals surface area (Å²) in [5, 5.41) is 20.1. The number of aliphatic hydroxyl groups is 2. The first-order chi connectivity index (χ1) is 9.22. The summed E-state index contributed by atoms with van der Waals surface area (Å²) in [6, 6.07) is 1.79. The van der Waals surface area contributed by atoms with E-state index in [0.717, 1.165) is 5.39 Å². The molecule has 19 heavy (non-hydrogen) atoms. The standard InChI is InChI=1S/C11H14N4O4/c1-18-14-9-6-2-3-15(10(6)13-5-12-9)11-8(17)7(16)4-19-11/h2-3,5,7-8,11,16-17H,4H2,1H3,(H,12,13,14). The Kier molecular flexibility index (Phi) is 3.07. The van der Waals surface area contributed by atoms with Crippen molar-refractivity contribution in [2.45, 2.75) is 18.4 Å². The molecule has 1 saturated heterocycles. The van der Waals surface area contributed by atoms with Gasteiger partial charge >= 0.3 is 0 Å². The number of nitrogens with one attached hydrogen (secondary N) is 1. The van der Waals surface area contributed by atoms with Crippen LogP contribution in [0.1, 0.15) is 6.23 Å². The fourth-order valence-corrected chi connectivity index (χ4v) is 2.18. The Bertz CT molecular complexity index is 587. The van der Waals surface area contributed by atoms with Gasteiger partial charge < -0.3 is 19.5 Å². The number of aliphatic hydroxyl groups excluding tert-OH is 2. The summed E-state index contributed by atoms with van der Waals surface area (Å²) >= 11 is 0. The van der Waals surface area contributed by atoms with Crippen LogP contribution in [0.5, 0.6) is 0 Å². The minimum absolute atomic E-state index is 0.0970. The van der Waals surface area contributed by atoms with Crippen LogP contribution in [0, 0.1) is 0 Å². The molecule has 1 fully saturated rings. The SMILES string of the molecule is CONc1ncnc2c1ccn2C1OCC(O)C1O. The maximum atomic E-state index is 9.88. The average molecular weight is 266 g/mol. The molecule has 2 aromatic rings. The van der Waals surface area contributed by atoms with Gasteiger partial charge in [0, 0.05) is 6.20 Å². The normalized spacial score (nSPS) is 27.0. The van der Waals surface area contributed by atoms with Gasteiger partial charge in [-0.05, 0) is 6.07 Å². The highest BCUT2D eigenvalue weighted by Gasteiger charge is 2.36. The van der Waals surface area contributed by atoms with Crippen molar-refractivity contribution in [2.75, 3.05) is 19.2 Å². The third kappa shape index (κ3) is 1.94. The highest BCUT2D eigenvalue weighted by Crippen LogP contribution is 2.29. The van der Waals surface area contributed by atoms with Crippen LogP contribution in [-0.4, -0.2) is 50.7 Å². The van der Waals surface area contributed by atoms with E-state index in [1.54, 1.807) is 16.8 Å². The maximum absolute atomic E-state index is 9.88. The monoisotopic (exact) mass is 266 g/mol. The van der Waals surface area contributed by atoms with Gasteiger partial charge in [0.05, 0.1) is 19.1 Å². The van der Waals surface area contributed by atoms with Crippen molar-refractivity contribution < 1.29 is 19.8 Å². The van der Waals surface area contributed by atoms with Crippen molar-refractivity contribution in [3.8, 4) is 0 Å². The molecule has 3 unspecified atom stereocenters. The molecule has 3 N–H and O–H groups in total. The van der Waals surface area contributed by atoms with Crippen molar-refractivity contribution >= 4 is 16.9 Å². The third-order valence-corrected chi connectivity index (χ3v) is 3.11. The second-order valence-corrected chi connectivity index (χ2v) is 4.27. The van der Waals surface area contributed by atoms with Crippen molar-refractivity contribution in [1.82, 2.24) is 14.5 Å². The van der Waals surface area contributed by atoms with Crippen molar-refractivity contribution in [2.24, 2.45) is 0 Å². The van der Waals surface area contributed by atoms with Crippen LogP contribution in [0.15, 0.2) is 18.6 Å². The zero-order valence-electron chi connectivity index (χ0n) is 10.2. The second kappa shape index (κ2) is 4.74. The molecule has 8 heteroatoms. The van der Waals surface area contributed by atoms with Gasteiger partial charge in [-0.2, -0.15) is 0 Å². The maximum Gasteiger partial charge on any atom is 0.163 e. The van der Waals surface area contributed by atoms with Gasteiger partial charge in [0.25, 0.3) is 0 Å². The van der Waals surface area contributed by atoms with Gasteiger partial charge in [0.2, 0.25) is 0 Å². The highest BCUT2D eigenvalue weighted by atomic mass is 16.6. The molecule has 0 saturated carbocycles. The number of rotatable bonds is 3. The Labute approximate surface area is 108 Å². The molecule has 3 atom stereocenters. The lowest BCUT2D eigenvalue weighted by molar-refractivity contribution is -0.0159. The van der Waals surface area contributed by atoms with E-state index < -0.39 is 18.4 Å². The zero-order valence-corrected chi connectivity index (χ0v) is 10.2. The Morgan fingerprint density at radius 2 is 2.32 bits per heavy atom. The topological polar surface area (TPSA) is 102 Å². The van der Waals surface area contributed by atoms with E-state index in [-0.39, 0.29) is 6.61 Å². The molecule has 102 valence electrons. The molecular formula is C11H14N4O4. The number of nitrogens with zero attached hydrogens (tertiary/aromatic N) is 3. The second-order valence-electron chi connectivity index (χ2n) is 4.27. The molecule has 0 radical (unpaired) electrons. The molecule has 1 aliphatic heterocycles. The highest BCUT2D eigenvalue weighted by molar-refractivity contribution is 5.86. The van der Waals surface area contributed by atoms with Crippen molar-refractivity contribution in [3.63, 3.8) is 0 Å². The summed E-state index contributed by atoms with van der Waals surface area (Å²) in [5.41, 5.74) is 3.25. The van der Waals surface area contributed by atoms with Gasteiger partial charge in [-0.3, -0.25) is 4.84 Å². The van der Waals surface area contributed by atoms with E-state index in [1.165, 1.54) is 13.4 Å². The molecule has 0 aliphatic carbocycles. The number of fused-ring (bicyclic) bond motifs is 1. The average Bonchev–Trinajstić information content (AvgIpc) is 2.96. The summed E-state index contributed by atoms with van der Waals surface area (Å²) < 4.78 is 7.05. The van der Waals surface area contributed by atoms with Crippen LogP contribution in [0.2, 0.25) is 0 Å². The number of hydrogen-bond acceptors (Lipinski definition) is 7. The fourth-order valence-electron chi connectivity index (χ4n) is 2.18. The molecule has 0 bridgehead atoms. The molecule has 0 amide bonds. The van der Waals surface area contributed by atoms with Gasteiger partial charge in [0.1, 0.15) is 24.2 Å². The van der Waals surface area contributed by atoms with Gasteiger partial charge in [-0.25, -0.2) is 15.4 Å². The number of ether oxygens (including phenoxy) is 1. The van der Waals surface area contributed by atoms with Crippen molar-refractivity contribution in [1.29, 1.82) is 0 Å². The Morgan fingerprint density at radius 1 is 1.47 bits per heavy atom. The summed E-state index contributed by atoms with van der Waals surface area (Å²) in [6.07, 6.45) is 0.590. The van der Waals surface area contributed by atoms with E-state index >= 15 is 0 Å². The number of anilines is 1. The smallest absolute Gasteiger partial charge is 0.163 e. The fraction of sp³-hybridized carbons (Fsp3) is 0.455. The lowest BCUT2D eigenvalue weighted by atomic mass is 10.2. The minimum atomic E-state index is -0.982. The van der Waals surface area contributed by atoms with E-state index in [2.05, 4.69) is 15.4 Å². The van der Waals surface area contributed by atoms with Crippen LogP contribution in [0.3, 0.4) is 0 Å². The van der Waals surface area contributed by atoms with Gasteiger partial charge in [-0.1, -0.05) is 0 Å². The summed E-state index contributed by atoms with van der Waals surface area (Å²) in [4.78, 5) is 13.1. The van der Waals surface area contributed by atoms with Crippen molar-refractivity contribution in [3.05, 3.63) is 18.6 Å². The molecule has 3 rings (SSSR count). The molecule has 0 aromatic carbocycles. The van der Waals surface area contributed by atoms with E-state index in [9.17, 15) is 10.2 Å². The molecule has 8 nitrogen and oxygen atoms in total.